The molecule has 0 saturated heterocycles. The fourth-order valence-corrected chi connectivity index (χ4v) is 3.72. The van der Waals surface area contributed by atoms with Crippen LogP contribution in [0.1, 0.15) is 10.4 Å². The first-order chi connectivity index (χ1) is 8.60. The van der Waals surface area contributed by atoms with Gasteiger partial charge < -0.3 is 5.32 Å². The van der Waals surface area contributed by atoms with Crippen LogP contribution in [-0.2, 0) is 6.54 Å². The number of thiophene rings is 1. The topological polar surface area (TPSA) is 35.8 Å². The van der Waals surface area contributed by atoms with E-state index in [4.69, 9.17) is 16.9 Å². The summed E-state index contributed by atoms with van der Waals surface area (Å²) in [6.45, 7) is 0.719. The van der Waals surface area contributed by atoms with E-state index in [1.54, 1.807) is 23.5 Å². The molecule has 0 aliphatic rings. The molecule has 18 heavy (non-hydrogen) atoms. The number of anilines is 1. The van der Waals surface area contributed by atoms with Gasteiger partial charge >= 0.3 is 0 Å². The SMILES string of the molecule is N#Cc1ccc(NCc2cc(Br)c(Br)s2)cc1Cl. The summed E-state index contributed by atoms with van der Waals surface area (Å²) in [6, 6.07) is 9.42. The van der Waals surface area contributed by atoms with Crippen molar-refractivity contribution in [2.75, 3.05) is 5.32 Å². The zero-order chi connectivity index (χ0) is 13.1. The molecule has 0 aliphatic heterocycles. The molecule has 1 N–H and O–H groups in total. The molecule has 6 heteroatoms. The van der Waals surface area contributed by atoms with Gasteiger partial charge in [0.15, 0.2) is 0 Å². The van der Waals surface area contributed by atoms with Gasteiger partial charge in [0.2, 0.25) is 0 Å². The van der Waals surface area contributed by atoms with Crippen LogP contribution in [0.5, 0.6) is 0 Å². The molecule has 0 unspecified atom stereocenters. The van der Waals surface area contributed by atoms with Gasteiger partial charge in [0.1, 0.15) is 6.07 Å². The second kappa shape index (κ2) is 6.07. The van der Waals surface area contributed by atoms with Crippen LogP contribution < -0.4 is 5.32 Å². The van der Waals surface area contributed by atoms with Crippen molar-refractivity contribution < 1.29 is 0 Å². The molecule has 0 atom stereocenters. The number of benzene rings is 1. The number of nitrogens with one attached hydrogen (secondary N) is 1. The number of halogens is 3. The third kappa shape index (κ3) is 3.27. The molecule has 1 aromatic heterocycles. The fraction of sp³-hybridized carbons (Fsp3) is 0.0833. The minimum Gasteiger partial charge on any atom is -0.380 e. The third-order valence-corrected chi connectivity index (χ3v) is 5.82. The number of nitrogens with zero attached hydrogens (tertiary/aromatic N) is 1. The molecule has 1 heterocycles. The first-order valence-corrected chi connectivity index (χ1v) is 7.75. The monoisotopic (exact) mass is 404 g/mol. The average Bonchev–Trinajstić information content (AvgIpc) is 2.66. The highest BCUT2D eigenvalue weighted by Gasteiger charge is 2.05. The van der Waals surface area contributed by atoms with Crippen molar-refractivity contribution in [1.29, 1.82) is 5.26 Å². The Morgan fingerprint density at radius 1 is 1.33 bits per heavy atom. The highest BCUT2D eigenvalue weighted by atomic mass is 79.9. The highest BCUT2D eigenvalue weighted by Crippen LogP contribution is 2.32. The summed E-state index contributed by atoms with van der Waals surface area (Å²) in [5, 5.41) is 12.5. The van der Waals surface area contributed by atoms with Crippen LogP contribution in [0.15, 0.2) is 32.5 Å². The van der Waals surface area contributed by atoms with Crippen molar-refractivity contribution in [2.24, 2.45) is 0 Å². The van der Waals surface area contributed by atoms with Crippen LogP contribution in [0.25, 0.3) is 0 Å². The van der Waals surface area contributed by atoms with Gasteiger partial charge in [-0.2, -0.15) is 5.26 Å². The Bertz CT molecular complexity index is 600. The van der Waals surface area contributed by atoms with Gasteiger partial charge in [-0.25, -0.2) is 0 Å². The zero-order valence-electron chi connectivity index (χ0n) is 9.01. The third-order valence-electron chi connectivity index (χ3n) is 2.25. The summed E-state index contributed by atoms with van der Waals surface area (Å²) < 4.78 is 2.14. The van der Waals surface area contributed by atoms with Crippen LogP contribution in [0, 0.1) is 11.3 Å². The average molecular weight is 407 g/mol. The molecule has 0 fully saturated rings. The normalized spacial score (nSPS) is 10.1. The number of hydrogen-bond acceptors (Lipinski definition) is 3. The lowest BCUT2D eigenvalue weighted by Gasteiger charge is -2.05. The van der Waals surface area contributed by atoms with Gasteiger partial charge in [0.05, 0.1) is 14.4 Å². The van der Waals surface area contributed by atoms with Gasteiger partial charge in [-0.15, -0.1) is 11.3 Å². The van der Waals surface area contributed by atoms with Crippen LogP contribution in [-0.4, -0.2) is 0 Å². The second-order valence-corrected chi connectivity index (χ2v) is 7.21. The molecule has 0 bridgehead atoms. The molecular weight excluding hydrogens is 399 g/mol. The van der Waals surface area contributed by atoms with E-state index in [0.29, 0.717) is 10.6 Å². The van der Waals surface area contributed by atoms with Crippen molar-refractivity contribution in [3.8, 4) is 6.07 Å². The molecule has 2 nitrogen and oxygen atoms in total. The van der Waals surface area contributed by atoms with E-state index < -0.39 is 0 Å². The van der Waals surface area contributed by atoms with Gasteiger partial charge in [0, 0.05) is 21.6 Å². The van der Waals surface area contributed by atoms with Gasteiger partial charge in [-0.05, 0) is 56.1 Å². The lowest BCUT2D eigenvalue weighted by Crippen LogP contribution is -1.97. The smallest absolute Gasteiger partial charge is 0.101 e. The first-order valence-electron chi connectivity index (χ1n) is 4.97. The minimum atomic E-state index is 0.469. The van der Waals surface area contributed by atoms with E-state index in [9.17, 15) is 0 Å². The molecule has 0 spiro atoms. The highest BCUT2D eigenvalue weighted by molar-refractivity contribution is 9.13. The van der Waals surface area contributed by atoms with Crippen LogP contribution >= 0.6 is 54.8 Å². The standard InChI is InChI=1S/C12H7Br2ClN2S/c13-10-4-9(18-12(10)14)6-17-8-2-1-7(5-16)11(15)3-8/h1-4,17H,6H2. The molecule has 0 saturated carbocycles. The van der Waals surface area contributed by atoms with Crippen molar-refractivity contribution in [2.45, 2.75) is 6.54 Å². The Morgan fingerprint density at radius 3 is 2.67 bits per heavy atom. The minimum absolute atomic E-state index is 0.469. The Kier molecular flexibility index (Phi) is 4.68. The molecule has 1 aromatic carbocycles. The fourth-order valence-electron chi connectivity index (χ4n) is 1.38. The van der Waals surface area contributed by atoms with E-state index in [1.165, 1.54) is 4.88 Å². The Hall–Kier alpha value is -0.540. The van der Waals surface area contributed by atoms with E-state index in [2.05, 4.69) is 43.2 Å². The van der Waals surface area contributed by atoms with E-state index in [1.807, 2.05) is 12.1 Å². The molecular formula is C12H7Br2ClN2S. The van der Waals surface area contributed by atoms with E-state index in [-0.39, 0.29) is 0 Å². The second-order valence-electron chi connectivity index (χ2n) is 3.49. The summed E-state index contributed by atoms with van der Waals surface area (Å²) >= 11 is 14.5. The lowest BCUT2D eigenvalue weighted by molar-refractivity contribution is 1.19. The van der Waals surface area contributed by atoms with Gasteiger partial charge in [0.25, 0.3) is 0 Å². The lowest BCUT2D eigenvalue weighted by atomic mass is 10.2. The summed E-state index contributed by atoms with van der Waals surface area (Å²) in [7, 11) is 0. The summed E-state index contributed by atoms with van der Waals surface area (Å²) in [5.74, 6) is 0. The van der Waals surface area contributed by atoms with E-state index >= 15 is 0 Å². The quantitative estimate of drug-likeness (QED) is 0.740. The van der Waals surface area contributed by atoms with Crippen molar-refractivity contribution in [3.63, 3.8) is 0 Å². The zero-order valence-corrected chi connectivity index (χ0v) is 13.8. The summed E-state index contributed by atoms with van der Waals surface area (Å²) in [5.41, 5.74) is 1.39. The van der Waals surface area contributed by atoms with E-state index in [0.717, 1.165) is 20.5 Å². The number of hydrogen-bond donors (Lipinski definition) is 1. The van der Waals surface area contributed by atoms with Crippen LogP contribution in [0.4, 0.5) is 5.69 Å². The summed E-state index contributed by atoms with van der Waals surface area (Å²) in [4.78, 5) is 1.20. The predicted molar refractivity (Wildman–Crippen MR) is 83.2 cm³/mol. The Morgan fingerprint density at radius 2 is 2.11 bits per heavy atom. The van der Waals surface area contributed by atoms with Crippen molar-refractivity contribution in [1.82, 2.24) is 0 Å². The molecule has 0 amide bonds. The van der Waals surface area contributed by atoms with Crippen molar-refractivity contribution in [3.05, 3.63) is 48.0 Å². The van der Waals surface area contributed by atoms with Gasteiger partial charge in [-0.3, -0.25) is 0 Å². The maximum atomic E-state index is 8.79. The Balaban J connectivity index is 2.07. The molecule has 2 rings (SSSR count). The van der Waals surface area contributed by atoms with Crippen LogP contribution in [0.3, 0.4) is 0 Å². The molecule has 2 aromatic rings. The molecule has 92 valence electrons. The maximum absolute atomic E-state index is 8.79. The first kappa shape index (κ1) is 13.9. The Labute approximate surface area is 131 Å². The summed E-state index contributed by atoms with van der Waals surface area (Å²) in [6.07, 6.45) is 0. The predicted octanol–water partition coefficient (Wildman–Crippen LogP) is 5.41. The maximum Gasteiger partial charge on any atom is 0.101 e. The number of rotatable bonds is 3. The molecule has 0 aliphatic carbocycles. The number of nitriles is 1. The van der Waals surface area contributed by atoms with Gasteiger partial charge in [-0.1, -0.05) is 11.6 Å². The largest absolute Gasteiger partial charge is 0.380 e. The van der Waals surface area contributed by atoms with Crippen molar-refractivity contribution >= 4 is 60.5 Å². The van der Waals surface area contributed by atoms with Crippen LogP contribution in [0.2, 0.25) is 5.02 Å². The molecule has 0 radical (unpaired) electrons.